The molecule has 0 fully saturated rings. The summed E-state index contributed by atoms with van der Waals surface area (Å²) in [7, 11) is 6.65. The summed E-state index contributed by atoms with van der Waals surface area (Å²) in [5, 5.41) is 9.26. The molecule has 2 aromatic heterocycles. The molecule has 0 aliphatic carbocycles. The number of benzene rings is 1. The van der Waals surface area contributed by atoms with Crippen LogP contribution in [-0.4, -0.2) is 52.7 Å². The molecule has 140 valence electrons. The molecule has 0 atom stereocenters. The highest BCUT2D eigenvalue weighted by Crippen LogP contribution is 2.28. The van der Waals surface area contributed by atoms with Crippen molar-refractivity contribution in [3.05, 3.63) is 47.2 Å². The van der Waals surface area contributed by atoms with Crippen LogP contribution in [-0.2, 0) is 7.05 Å². The van der Waals surface area contributed by atoms with Crippen LogP contribution in [0.5, 0.6) is 5.75 Å². The number of aryl methyl sites for hydroxylation is 1. The number of carbonyl (C=O) groups excluding carboxylic acids is 2. The molecule has 8 nitrogen and oxygen atoms in total. The predicted molar refractivity (Wildman–Crippen MR) is 103 cm³/mol. The van der Waals surface area contributed by atoms with E-state index in [0.717, 1.165) is 5.56 Å². The summed E-state index contributed by atoms with van der Waals surface area (Å²) in [6, 6.07) is 4.89. The number of thiazole rings is 1. The van der Waals surface area contributed by atoms with Crippen molar-refractivity contribution in [2.45, 2.75) is 0 Å². The lowest BCUT2D eigenvalue weighted by Crippen LogP contribution is -2.22. The van der Waals surface area contributed by atoms with Gasteiger partial charge in [-0.2, -0.15) is 5.10 Å². The maximum absolute atomic E-state index is 12.6. The summed E-state index contributed by atoms with van der Waals surface area (Å²) in [5.74, 6) is -0.0869. The summed E-state index contributed by atoms with van der Waals surface area (Å²) in [6.45, 7) is 0. The number of hydrogen-bond donors (Lipinski definition) is 1. The smallest absolute Gasteiger partial charge is 0.275 e. The van der Waals surface area contributed by atoms with E-state index < -0.39 is 0 Å². The molecule has 0 saturated heterocycles. The first-order valence-electron chi connectivity index (χ1n) is 8.04. The number of nitrogens with zero attached hydrogens (tertiary/aromatic N) is 4. The molecule has 0 unspecified atom stereocenters. The zero-order valence-electron chi connectivity index (χ0n) is 15.4. The number of rotatable bonds is 5. The van der Waals surface area contributed by atoms with Crippen LogP contribution in [0.15, 0.2) is 36.0 Å². The van der Waals surface area contributed by atoms with Crippen molar-refractivity contribution in [2.24, 2.45) is 7.05 Å². The Morgan fingerprint density at radius 1 is 1.30 bits per heavy atom. The maximum Gasteiger partial charge on any atom is 0.275 e. The zero-order valence-corrected chi connectivity index (χ0v) is 16.2. The van der Waals surface area contributed by atoms with Gasteiger partial charge in [0.25, 0.3) is 11.8 Å². The molecular formula is C18H19N5O3S. The number of aromatic nitrogens is 3. The Hall–Kier alpha value is -3.20. The largest absolute Gasteiger partial charge is 0.495 e. The van der Waals surface area contributed by atoms with Crippen molar-refractivity contribution in [3.8, 4) is 16.3 Å². The average molecular weight is 385 g/mol. The van der Waals surface area contributed by atoms with Gasteiger partial charge in [-0.1, -0.05) is 0 Å². The highest BCUT2D eigenvalue weighted by Gasteiger charge is 2.17. The second-order valence-electron chi connectivity index (χ2n) is 6.01. The Morgan fingerprint density at radius 2 is 2.07 bits per heavy atom. The van der Waals surface area contributed by atoms with Crippen LogP contribution < -0.4 is 10.1 Å². The molecule has 2 amide bonds. The van der Waals surface area contributed by atoms with Crippen LogP contribution in [0.3, 0.4) is 0 Å². The number of hydrogen-bond acceptors (Lipinski definition) is 6. The fourth-order valence-corrected chi connectivity index (χ4v) is 3.20. The number of carbonyl (C=O) groups is 2. The molecule has 0 aliphatic heterocycles. The third-order valence-electron chi connectivity index (χ3n) is 3.79. The molecule has 0 bridgehead atoms. The molecule has 9 heteroatoms. The molecule has 1 N–H and O–H groups in total. The Kier molecular flexibility index (Phi) is 5.22. The van der Waals surface area contributed by atoms with Crippen LogP contribution in [0.25, 0.3) is 10.6 Å². The molecule has 0 aliphatic rings. The van der Waals surface area contributed by atoms with E-state index in [1.54, 1.807) is 48.6 Å². The molecule has 0 saturated carbocycles. The summed E-state index contributed by atoms with van der Waals surface area (Å²) in [6.07, 6.45) is 3.53. The standard InChI is InChI=1S/C18H19N5O3S/c1-22(2)18(25)11-5-6-15(26-4)13(7-11)20-16(24)14-10-27-17(21-14)12-8-19-23(3)9-12/h5-10H,1-4H3,(H,20,24). The summed E-state index contributed by atoms with van der Waals surface area (Å²) < 4.78 is 6.96. The van der Waals surface area contributed by atoms with Crippen molar-refractivity contribution in [3.63, 3.8) is 0 Å². The van der Waals surface area contributed by atoms with Crippen LogP contribution >= 0.6 is 11.3 Å². The van der Waals surface area contributed by atoms with Crippen LogP contribution in [0.1, 0.15) is 20.8 Å². The Labute approximate surface area is 160 Å². The first-order chi connectivity index (χ1) is 12.9. The van der Waals surface area contributed by atoms with Gasteiger partial charge in [-0.3, -0.25) is 14.3 Å². The van der Waals surface area contributed by atoms with Crippen LogP contribution in [0.4, 0.5) is 5.69 Å². The third kappa shape index (κ3) is 3.98. The number of methoxy groups -OCH3 is 1. The zero-order chi connectivity index (χ0) is 19.6. The fourth-order valence-electron chi connectivity index (χ4n) is 2.43. The van der Waals surface area contributed by atoms with Crippen molar-refractivity contribution in [2.75, 3.05) is 26.5 Å². The number of anilines is 1. The molecule has 2 heterocycles. The van der Waals surface area contributed by atoms with Gasteiger partial charge < -0.3 is 15.0 Å². The summed E-state index contributed by atoms with van der Waals surface area (Å²) in [5.41, 5.74) is 1.99. The lowest BCUT2D eigenvalue weighted by Gasteiger charge is -2.14. The minimum atomic E-state index is -0.380. The molecule has 0 radical (unpaired) electrons. The Bertz CT molecular complexity index is 993. The fraction of sp³-hybridized carbons (Fsp3) is 0.222. The van der Waals surface area contributed by atoms with Crippen molar-refractivity contribution >= 4 is 28.8 Å². The second-order valence-corrected chi connectivity index (χ2v) is 6.87. The summed E-state index contributed by atoms with van der Waals surface area (Å²) >= 11 is 1.36. The van der Waals surface area contributed by atoms with Gasteiger partial charge in [0.1, 0.15) is 16.5 Å². The Balaban J connectivity index is 1.84. The molecule has 0 spiro atoms. The van der Waals surface area contributed by atoms with Crippen molar-refractivity contribution in [1.82, 2.24) is 19.7 Å². The molecule has 3 aromatic rings. The molecule has 27 heavy (non-hydrogen) atoms. The maximum atomic E-state index is 12.6. The van der Waals surface area contributed by atoms with E-state index >= 15 is 0 Å². The quantitative estimate of drug-likeness (QED) is 0.729. The lowest BCUT2D eigenvalue weighted by atomic mass is 10.1. The van der Waals surface area contributed by atoms with E-state index in [4.69, 9.17) is 4.74 Å². The number of nitrogens with one attached hydrogen (secondary N) is 1. The Morgan fingerprint density at radius 3 is 2.70 bits per heavy atom. The topological polar surface area (TPSA) is 89.4 Å². The van der Waals surface area contributed by atoms with E-state index in [1.165, 1.54) is 23.3 Å². The minimum absolute atomic E-state index is 0.166. The lowest BCUT2D eigenvalue weighted by molar-refractivity contribution is 0.0827. The van der Waals surface area contributed by atoms with Gasteiger partial charge >= 0.3 is 0 Å². The van der Waals surface area contributed by atoms with E-state index in [9.17, 15) is 9.59 Å². The molecule has 3 rings (SSSR count). The average Bonchev–Trinajstić information content (AvgIpc) is 3.29. The van der Waals surface area contributed by atoms with E-state index in [-0.39, 0.29) is 17.5 Å². The molecule has 1 aromatic carbocycles. The highest BCUT2D eigenvalue weighted by molar-refractivity contribution is 7.13. The van der Waals surface area contributed by atoms with Crippen molar-refractivity contribution < 1.29 is 14.3 Å². The van der Waals surface area contributed by atoms with Crippen LogP contribution in [0.2, 0.25) is 0 Å². The monoisotopic (exact) mass is 385 g/mol. The van der Waals surface area contributed by atoms with Gasteiger partial charge in [-0.15, -0.1) is 11.3 Å². The van der Waals surface area contributed by atoms with Crippen molar-refractivity contribution in [1.29, 1.82) is 0 Å². The van der Waals surface area contributed by atoms with E-state index in [0.29, 0.717) is 22.0 Å². The van der Waals surface area contributed by atoms with E-state index in [2.05, 4.69) is 15.4 Å². The molecular weight excluding hydrogens is 366 g/mol. The van der Waals surface area contributed by atoms with Gasteiger partial charge in [0, 0.05) is 43.8 Å². The van der Waals surface area contributed by atoms with E-state index in [1.807, 2.05) is 13.2 Å². The highest BCUT2D eigenvalue weighted by atomic mass is 32.1. The first-order valence-corrected chi connectivity index (χ1v) is 8.92. The SMILES string of the molecule is COc1ccc(C(=O)N(C)C)cc1NC(=O)c1csc(-c2cnn(C)c2)n1. The van der Waals surface area contributed by atoms with Gasteiger partial charge in [0.2, 0.25) is 0 Å². The van der Waals surface area contributed by atoms with Gasteiger partial charge in [0.05, 0.1) is 19.0 Å². The minimum Gasteiger partial charge on any atom is -0.495 e. The summed E-state index contributed by atoms with van der Waals surface area (Å²) in [4.78, 5) is 30.6. The second kappa shape index (κ2) is 7.58. The predicted octanol–water partition coefficient (Wildman–Crippen LogP) is 2.51. The first kappa shape index (κ1) is 18.6. The third-order valence-corrected chi connectivity index (χ3v) is 4.68. The van der Waals surface area contributed by atoms with Crippen LogP contribution in [0, 0.1) is 0 Å². The number of ether oxygens (including phenoxy) is 1. The number of amides is 2. The van der Waals surface area contributed by atoms with Gasteiger partial charge in [0.15, 0.2) is 0 Å². The normalized spacial score (nSPS) is 10.5. The van der Waals surface area contributed by atoms with Gasteiger partial charge in [-0.25, -0.2) is 4.98 Å². The van der Waals surface area contributed by atoms with Gasteiger partial charge in [-0.05, 0) is 18.2 Å².